The number of aliphatic carboxylic acids is 1. The van der Waals surface area contributed by atoms with Crippen LogP contribution < -0.4 is 9.47 Å². The molecule has 0 bridgehead atoms. The summed E-state index contributed by atoms with van der Waals surface area (Å²) in [6, 6.07) is 5.40. The van der Waals surface area contributed by atoms with Gasteiger partial charge < -0.3 is 14.6 Å². The minimum atomic E-state index is -0.977. The first-order chi connectivity index (χ1) is 8.99. The Morgan fingerprint density at radius 2 is 2.00 bits per heavy atom. The molecule has 1 unspecified atom stereocenters. The first-order valence-electron chi connectivity index (χ1n) is 6.19. The normalized spacial score (nSPS) is 12.7. The van der Waals surface area contributed by atoms with Crippen LogP contribution >= 0.6 is 0 Å². The summed E-state index contributed by atoms with van der Waals surface area (Å²) in [6.45, 7) is 5.54. The van der Waals surface area contributed by atoms with Crippen molar-refractivity contribution in [2.75, 3.05) is 7.11 Å². The Labute approximate surface area is 113 Å². The number of ether oxygens (including phenoxy) is 2. The average molecular weight is 264 g/mol. The van der Waals surface area contributed by atoms with Gasteiger partial charge in [-0.3, -0.25) is 0 Å². The molecule has 4 heteroatoms. The number of carboxylic acids is 1. The largest absolute Gasteiger partial charge is 0.493 e. The van der Waals surface area contributed by atoms with E-state index in [9.17, 15) is 4.79 Å². The lowest BCUT2D eigenvalue weighted by atomic mass is 10.1. The summed E-state index contributed by atoms with van der Waals surface area (Å²) in [5.41, 5.74) is 0.975. The fraction of sp³-hybridized carbons (Fsp3) is 0.400. The molecule has 0 heterocycles. The van der Waals surface area contributed by atoms with Crippen molar-refractivity contribution >= 4 is 12.0 Å². The van der Waals surface area contributed by atoms with Gasteiger partial charge in [0.15, 0.2) is 17.6 Å². The molecular formula is C15H20O4. The van der Waals surface area contributed by atoms with Gasteiger partial charge in [0.05, 0.1) is 7.11 Å². The van der Waals surface area contributed by atoms with Crippen molar-refractivity contribution in [2.24, 2.45) is 5.92 Å². The second-order valence-corrected chi connectivity index (χ2v) is 4.53. The summed E-state index contributed by atoms with van der Waals surface area (Å²) in [5, 5.41) is 9.13. The van der Waals surface area contributed by atoms with E-state index in [1.807, 2.05) is 31.2 Å². The Morgan fingerprint density at radius 1 is 1.32 bits per heavy atom. The molecule has 0 fully saturated rings. The Hall–Kier alpha value is -1.97. The van der Waals surface area contributed by atoms with E-state index in [0.29, 0.717) is 11.5 Å². The second-order valence-electron chi connectivity index (χ2n) is 4.53. The summed E-state index contributed by atoms with van der Waals surface area (Å²) >= 11 is 0. The van der Waals surface area contributed by atoms with Crippen LogP contribution in [0.3, 0.4) is 0 Å². The number of carbonyl (C=O) groups is 1. The van der Waals surface area contributed by atoms with Crippen LogP contribution in [0.15, 0.2) is 24.3 Å². The van der Waals surface area contributed by atoms with Gasteiger partial charge >= 0.3 is 5.97 Å². The Kier molecular flexibility index (Phi) is 5.42. The zero-order valence-electron chi connectivity index (χ0n) is 11.7. The minimum Gasteiger partial charge on any atom is -0.493 e. The SMILES string of the molecule is C/C=C/c1ccc(OC(C(=O)O)C(C)C)c(OC)c1. The summed E-state index contributed by atoms with van der Waals surface area (Å²) < 4.78 is 10.8. The van der Waals surface area contributed by atoms with E-state index in [2.05, 4.69) is 0 Å². The van der Waals surface area contributed by atoms with Crippen LogP contribution in [0.1, 0.15) is 26.3 Å². The first kappa shape index (κ1) is 15.1. The third-order valence-corrected chi connectivity index (χ3v) is 2.65. The lowest BCUT2D eigenvalue weighted by molar-refractivity contribution is -0.147. The van der Waals surface area contributed by atoms with Crippen molar-refractivity contribution in [3.05, 3.63) is 29.8 Å². The molecule has 1 N–H and O–H groups in total. The van der Waals surface area contributed by atoms with Crippen LogP contribution in [0.5, 0.6) is 11.5 Å². The summed E-state index contributed by atoms with van der Waals surface area (Å²) in [7, 11) is 1.53. The van der Waals surface area contributed by atoms with Crippen LogP contribution in [0, 0.1) is 5.92 Å². The van der Waals surface area contributed by atoms with Crippen LogP contribution in [-0.2, 0) is 4.79 Å². The monoisotopic (exact) mass is 264 g/mol. The lowest BCUT2D eigenvalue weighted by Gasteiger charge is -2.20. The van der Waals surface area contributed by atoms with Gasteiger partial charge in [-0.05, 0) is 24.6 Å². The molecule has 0 spiro atoms. The molecule has 4 nitrogen and oxygen atoms in total. The first-order valence-corrected chi connectivity index (χ1v) is 6.19. The molecule has 0 aliphatic carbocycles. The van der Waals surface area contributed by atoms with Crippen LogP contribution in [0.4, 0.5) is 0 Å². The van der Waals surface area contributed by atoms with Gasteiger partial charge in [0, 0.05) is 5.92 Å². The highest BCUT2D eigenvalue weighted by atomic mass is 16.5. The molecule has 0 saturated carbocycles. The van der Waals surface area contributed by atoms with E-state index in [0.717, 1.165) is 5.56 Å². The molecule has 19 heavy (non-hydrogen) atoms. The number of methoxy groups -OCH3 is 1. The van der Waals surface area contributed by atoms with Gasteiger partial charge in [0.1, 0.15) is 0 Å². The molecule has 1 rings (SSSR count). The topological polar surface area (TPSA) is 55.8 Å². The predicted molar refractivity (Wildman–Crippen MR) is 74.6 cm³/mol. The third-order valence-electron chi connectivity index (χ3n) is 2.65. The number of rotatable bonds is 6. The zero-order chi connectivity index (χ0) is 14.4. The summed E-state index contributed by atoms with van der Waals surface area (Å²) in [5.74, 6) is -0.133. The second kappa shape index (κ2) is 6.83. The number of benzene rings is 1. The lowest BCUT2D eigenvalue weighted by Crippen LogP contribution is -2.32. The highest BCUT2D eigenvalue weighted by Crippen LogP contribution is 2.30. The Morgan fingerprint density at radius 3 is 2.47 bits per heavy atom. The van der Waals surface area contributed by atoms with Crippen molar-refractivity contribution in [3.63, 3.8) is 0 Å². The van der Waals surface area contributed by atoms with Gasteiger partial charge in [0.25, 0.3) is 0 Å². The van der Waals surface area contributed by atoms with Crippen LogP contribution in [0.25, 0.3) is 6.08 Å². The van der Waals surface area contributed by atoms with E-state index in [1.54, 1.807) is 19.9 Å². The molecule has 104 valence electrons. The van der Waals surface area contributed by atoms with Crippen molar-refractivity contribution in [1.29, 1.82) is 0 Å². The molecule has 0 aliphatic heterocycles. The molecule has 0 aliphatic rings. The molecule has 0 aromatic heterocycles. The highest BCUT2D eigenvalue weighted by Gasteiger charge is 2.24. The van der Waals surface area contributed by atoms with Gasteiger partial charge in [-0.1, -0.05) is 32.1 Å². The minimum absolute atomic E-state index is 0.127. The van der Waals surface area contributed by atoms with E-state index >= 15 is 0 Å². The molecule has 0 saturated heterocycles. The highest BCUT2D eigenvalue weighted by molar-refractivity contribution is 5.73. The van der Waals surface area contributed by atoms with Crippen LogP contribution in [0.2, 0.25) is 0 Å². The molecule has 1 atom stereocenters. The number of hydrogen-bond donors (Lipinski definition) is 1. The van der Waals surface area contributed by atoms with E-state index in [1.165, 1.54) is 7.11 Å². The molecule has 0 amide bonds. The maximum Gasteiger partial charge on any atom is 0.345 e. The Balaban J connectivity index is 3.03. The molecular weight excluding hydrogens is 244 g/mol. The zero-order valence-corrected chi connectivity index (χ0v) is 11.7. The van der Waals surface area contributed by atoms with Crippen molar-refractivity contribution in [1.82, 2.24) is 0 Å². The number of hydrogen-bond acceptors (Lipinski definition) is 3. The van der Waals surface area contributed by atoms with E-state index in [4.69, 9.17) is 14.6 Å². The smallest absolute Gasteiger partial charge is 0.345 e. The van der Waals surface area contributed by atoms with E-state index in [-0.39, 0.29) is 5.92 Å². The molecule has 1 aromatic carbocycles. The quantitative estimate of drug-likeness (QED) is 0.857. The average Bonchev–Trinajstić information content (AvgIpc) is 2.36. The fourth-order valence-electron chi connectivity index (χ4n) is 1.69. The maximum atomic E-state index is 11.1. The predicted octanol–water partition coefficient (Wildman–Crippen LogP) is 3.22. The van der Waals surface area contributed by atoms with Crippen molar-refractivity contribution in [3.8, 4) is 11.5 Å². The van der Waals surface area contributed by atoms with Crippen LogP contribution in [-0.4, -0.2) is 24.3 Å². The van der Waals surface area contributed by atoms with Gasteiger partial charge in [-0.25, -0.2) is 4.79 Å². The van der Waals surface area contributed by atoms with Gasteiger partial charge in [0.2, 0.25) is 0 Å². The van der Waals surface area contributed by atoms with Crippen molar-refractivity contribution < 1.29 is 19.4 Å². The third kappa shape index (κ3) is 4.02. The Bertz CT molecular complexity index is 463. The fourth-order valence-corrected chi connectivity index (χ4v) is 1.69. The molecule has 0 radical (unpaired) electrons. The summed E-state index contributed by atoms with van der Waals surface area (Å²) in [4.78, 5) is 11.1. The van der Waals surface area contributed by atoms with E-state index < -0.39 is 12.1 Å². The number of carboxylic acid groups (broad SMARTS) is 1. The maximum absolute atomic E-state index is 11.1. The molecule has 1 aromatic rings. The number of allylic oxidation sites excluding steroid dienone is 1. The standard InChI is InChI=1S/C15H20O4/c1-5-6-11-7-8-12(13(9-11)18-4)19-14(10(2)3)15(16)17/h5-10,14H,1-4H3,(H,16,17)/b6-5+. The summed E-state index contributed by atoms with van der Waals surface area (Å²) in [6.07, 6.45) is 2.97. The van der Waals surface area contributed by atoms with Crippen molar-refractivity contribution in [2.45, 2.75) is 26.9 Å². The van der Waals surface area contributed by atoms with Gasteiger partial charge in [-0.2, -0.15) is 0 Å². The van der Waals surface area contributed by atoms with Gasteiger partial charge in [-0.15, -0.1) is 0 Å².